The maximum atomic E-state index is 11.2. The van der Waals surface area contributed by atoms with Gasteiger partial charge in [-0.15, -0.1) is 0 Å². The van der Waals surface area contributed by atoms with Crippen LogP contribution in [0, 0.1) is 0 Å². The first-order valence-electron chi connectivity index (χ1n) is 6.86. The second kappa shape index (κ2) is 11.6. The van der Waals surface area contributed by atoms with E-state index in [1.807, 2.05) is 13.8 Å². The maximum absolute atomic E-state index is 11.2. The largest absolute Gasteiger partial charge is 0.466 e. The van der Waals surface area contributed by atoms with E-state index in [0.29, 0.717) is 13.0 Å². The van der Waals surface area contributed by atoms with Crippen molar-refractivity contribution in [3.8, 4) is 0 Å². The second-order valence-corrected chi connectivity index (χ2v) is 4.37. The van der Waals surface area contributed by atoms with Crippen molar-refractivity contribution in [2.24, 2.45) is 4.99 Å². The van der Waals surface area contributed by atoms with Crippen molar-refractivity contribution in [3.63, 3.8) is 0 Å². The van der Waals surface area contributed by atoms with Gasteiger partial charge in [-0.25, -0.2) is 0 Å². The van der Waals surface area contributed by atoms with Gasteiger partial charge in [0, 0.05) is 12.3 Å². The molecule has 100 valence electrons. The first kappa shape index (κ1) is 16.1. The van der Waals surface area contributed by atoms with Crippen LogP contribution in [-0.2, 0) is 9.53 Å². The monoisotopic (exact) mass is 241 g/mol. The van der Waals surface area contributed by atoms with Gasteiger partial charge in [0.1, 0.15) is 0 Å². The van der Waals surface area contributed by atoms with E-state index >= 15 is 0 Å². The number of hydrogen-bond acceptors (Lipinski definition) is 3. The Hall–Kier alpha value is -0.860. The van der Waals surface area contributed by atoms with Crippen molar-refractivity contribution >= 4 is 11.7 Å². The van der Waals surface area contributed by atoms with E-state index in [1.54, 1.807) is 0 Å². The van der Waals surface area contributed by atoms with Gasteiger partial charge in [0.05, 0.1) is 13.0 Å². The molecule has 0 fully saturated rings. The van der Waals surface area contributed by atoms with Crippen LogP contribution in [0.2, 0.25) is 0 Å². The number of carbonyl (C=O) groups is 1. The third-order valence-corrected chi connectivity index (χ3v) is 2.60. The van der Waals surface area contributed by atoms with Crippen molar-refractivity contribution in [1.82, 2.24) is 0 Å². The lowest BCUT2D eigenvalue weighted by Crippen LogP contribution is -2.09. The van der Waals surface area contributed by atoms with Crippen LogP contribution >= 0.6 is 0 Å². The van der Waals surface area contributed by atoms with Gasteiger partial charge in [-0.05, 0) is 20.3 Å². The molecule has 0 radical (unpaired) electrons. The molecule has 0 aromatic rings. The van der Waals surface area contributed by atoms with Gasteiger partial charge in [0.2, 0.25) is 0 Å². The standard InChI is InChI=1S/C14H27NO2/c1-4-6-7-8-9-10-11-15-13(3)12-14(16)17-5-2/h4-12H2,1-3H3. The molecule has 3 heteroatoms. The Morgan fingerprint density at radius 1 is 1.06 bits per heavy atom. The molecule has 0 aliphatic carbocycles. The molecule has 0 spiro atoms. The third kappa shape index (κ3) is 11.4. The Balaban J connectivity index is 3.46. The predicted octanol–water partition coefficient (Wildman–Crippen LogP) is 3.76. The lowest BCUT2D eigenvalue weighted by atomic mass is 10.1. The molecule has 0 rings (SSSR count). The lowest BCUT2D eigenvalue weighted by molar-refractivity contribution is -0.141. The highest BCUT2D eigenvalue weighted by Crippen LogP contribution is 2.05. The molecular formula is C14H27NO2. The minimum absolute atomic E-state index is 0.170. The maximum Gasteiger partial charge on any atom is 0.311 e. The van der Waals surface area contributed by atoms with Crippen LogP contribution in [0.4, 0.5) is 0 Å². The quantitative estimate of drug-likeness (QED) is 0.332. The van der Waals surface area contributed by atoms with E-state index in [1.165, 1.54) is 32.1 Å². The predicted molar refractivity (Wildman–Crippen MR) is 72.6 cm³/mol. The molecule has 0 aliphatic rings. The molecule has 3 nitrogen and oxygen atoms in total. The summed E-state index contributed by atoms with van der Waals surface area (Å²) in [6.45, 7) is 7.23. The van der Waals surface area contributed by atoms with Gasteiger partial charge in [0.25, 0.3) is 0 Å². The molecule has 0 unspecified atom stereocenters. The van der Waals surface area contributed by atoms with Gasteiger partial charge in [0.15, 0.2) is 0 Å². The van der Waals surface area contributed by atoms with Crippen molar-refractivity contribution < 1.29 is 9.53 Å². The number of carbonyl (C=O) groups excluding carboxylic acids is 1. The molecule has 0 saturated carbocycles. The Morgan fingerprint density at radius 2 is 1.71 bits per heavy atom. The van der Waals surface area contributed by atoms with E-state index in [0.717, 1.165) is 18.7 Å². The van der Waals surface area contributed by atoms with Gasteiger partial charge < -0.3 is 4.74 Å². The number of rotatable bonds is 10. The zero-order valence-corrected chi connectivity index (χ0v) is 11.6. The summed E-state index contributed by atoms with van der Waals surface area (Å²) < 4.78 is 4.86. The van der Waals surface area contributed by atoms with E-state index in [9.17, 15) is 4.79 Å². The summed E-state index contributed by atoms with van der Waals surface area (Å²) in [5, 5.41) is 0. The Labute approximate surface area is 106 Å². The van der Waals surface area contributed by atoms with Crippen LogP contribution in [0.5, 0.6) is 0 Å². The van der Waals surface area contributed by atoms with E-state index in [-0.39, 0.29) is 5.97 Å². The van der Waals surface area contributed by atoms with Gasteiger partial charge in [-0.3, -0.25) is 9.79 Å². The number of nitrogens with zero attached hydrogens (tertiary/aromatic N) is 1. The van der Waals surface area contributed by atoms with Gasteiger partial charge in [-0.2, -0.15) is 0 Å². The smallest absolute Gasteiger partial charge is 0.311 e. The highest BCUT2D eigenvalue weighted by molar-refractivity contribution is 5.97. The fraction of sp³-hybridized carbons (Fsp3) is 0.857. The van der Waals surface area contributed by atoms with E-state index in [4.69, 9.17) is 4.74 Å². The van der Waals surface area contributed by atoms with E-state index < -0.39 is 0 Å². The fourth-order valence-electron chi connectivity index (χ4n) is 1.64. The fourth-order valence-corrected chi connectivity index (χ4v) is 1.64. The minimum Gasteiger partial charge on any atom is -0.466 e. The highest BCUT2D eigenvalue weighted by atomic mass is 16.5. The molecule has 0 aromatic carbocycles. The molecule has 0 aromatic heterocycles. The normalized spacial score (nSPS) is 11.6. The molecule has 0 atom stereocenters. The number of unbranched alkanes of at least 4 members (excludes halogenated alkanes) is 5. The van der Waals surface area contributed by atoms with Crippen molar-refractivity contribution in [3.05, 3.63) is 0 Å². The zero-order valence-electron chi connectivity index (χ0n) is 11.6. The van der Waals surface area contributed by atoms with Crippen molar-refractivity contribution in [2.75, 3.05) is 13.2 Å². The molecule has 17 heavy (non-hydrogen) atoms. The van der Waals surface area contributed by atoms with Gasteiger partial charge in [-0.1, -0.05) is 39.0 Å². The number of aliphatic imine (C=N–C) groups is 1. The highest BCUT2D eigenvalue weighted by Gasteiger charge is 2.02. The third-order valence-electron chi connectivity index (χ3n) is 2.60. The summed E-state index contributed by atoms with van der Waals surface area (Å²) >= 11 is 0. The summed E-state index contributed by atoms with van der Waals surface area (Å²) in [5.41, 5.74) is 0.886. The van der Waals surface area contributed by atoms with Crippen LogP contribution in [-0.4, -0.2) is 24.8 Å². The van der Waals surface area contributed by atoms with Crippen LogP contribution in [0.15, 0.2) is 4.99 Å². The first-order valence-corrected chi connectivity index (χ1v) is 6.86. The summed E-state index contributed by atoms with van der Waals surface area (Å²) in [5.74, 6) is -0.170. The number of ether oxygens (including phenoxy) is 1. The molecule has 0 heterocycles. The first-order chi connectivity index (χ1) is 8.20. The van der Waals surface area contributed by atoms with Crippen molar-refractivity contribution in [2.45, 2.75) is 65.7 Å². The number of esters is 1. The van der Waals surface area contributed by atoms with Crippen LogP contribution in [0.1, 0.15) is 65.7 Å². The van der Waals surface area contributed by atoms with Crippen molar-refractivity contribution in [1.29, 1.82) is 0 Å². The Bertz CT molecular complexity index is 224. The molecule has 0 amide bonds. The topological polar surface area (TPSA) is 38.7 Å². The second-order valence-electron chi connectivity index (χ2n) is 4.37. The summed E-state index contributed by atoms with van der Waals surface area (Å²) in [7, 11) is 0. The molecular weight excluding hydrogens is 214 g/mol. The summed E-state index contributed by atoms with van der Waals surface area (Å²) in [6.07, 6.45) is 7.98. The van der Waals surface area contributed by atoms with Crippen LogP contribution < -0.4 is 0 Å². The lowest BCUT2D eigenvalue weighted by Gasteiger charge is -2.02. The SMILES string of the molecule is CCCCCCCCN=C(C)CC(=O)OCC. The molecule has 0 bridgehead atoms. The number of hydrogen-bond donors (Lipinski definition) is 0. The zero-order chi connectivity index (χ0) is 12.9. The summed E-state index contributed by atoms with van der Waals surface area (Å²) in [4.78, 5) is 15.5. The Kier molecular flexibility index (Phi) is 11.0. The molecule has 0 N–H and O–H groups in total. The average molecular weight is 241 g/mol. The molecule has 0 aliphatic heterocycles. The van der Waals surface area contributed by atoms with Gasteiger partial charge >= 0.3 is 5.97 Å². The Morgan fingerprint density at radius 3 is 2.35 bits per heavy atom. The minimum atomic E-state index is -0.170. The average Bonchev–Trinajstić information content (AvgIpc) is 2.28. The van der Waals surface area contributed by atoms with E-state index in [2.05, 4.69) is 11.9 Å². The summed E-state index contributed by atoms with van der Waals surface area (Å²) in [6, 6.07) is 0. The molecule has 0 saturated heterocycles. The van der Waals surface area contributed by atoms with Crippen LogP contribution in [0.3, 0.4) is 0 Å². The van der Waals surface area contributed by atoms with Crippen LogP contribution in [0.25, 0.3) is 0 Å².